The predicted molar refractivity (Wildman–Crippen MR) is 93.8 cm³/mol. The van der Waals surface area contributed by atoms with Gasteiger partial charge in [0.05, 0.1) is 13.2 Å². The molecule has 1 rings (SSSR count). The lowest BCUT2D eigenvalue weighted by molar-refractivity contribution is 0.225. The van der Waals surface area contributed by atoms with E-state index in [0.717, 1.165) is 17.0 Å². The molecule has 0 aliphatic carbocycles. The highest BCUT2D eigenvalue weighted by Crippen LogP contribution is 2.43. The van der Waals surface area contributed by atoms with Crippen LogP contribution in [0.3, 0.4) is 0 Å². The van der Waals surface area contributed by atoms with E-state index in [4.69, 9.17) is 9.16 Å². The van der Waals surface area contributed by atoms with Crippen LogP contribution in [0.2, 0.25) is 18.1 Å². The summed E-state index contributed by atoms with van der Waals surface area (Å²) in [7, 11) is 1.70. The summed E-state index contributed by atoms with van der Waals surface area (Å²) in [5.41, 5.74) is 2.03. The average molecular weight is 308 g/mol. The topological polar surface area (TPSA) is 30.5 Å². The van der Waals surface area contributed by atoms with Crippen LogP contribution in [0.25, 0.3) is 0 Å². The molecule has 0 spiro atoms. The van der Waals surface area contributed by atoms with E-state index in [1.807, 2.05) is 31.3 Å². The molecule has 0 aliphatic heterocycles. The molecule has 1 aromatic rings. The third-order valence-electron chi connectivity index (χ3n) is 4.28. The SMILES string of the molecule is C=CC(O[Si](C)(C)C(C)(C)C)c1c(NC)cccc1OC. The van der Waals surface area contributed by atoms with Gasteiger partial charge in [-0.15, -0.1) is 6.58 Å². The van der Waals surface area contributed by atoms with Gasteiger partial charge < -0.3 is 14.5 Å². The second kappa shape index (κ2) is 6.67. The Bertz CT molecular complexity index is 470. The second-order valence-corrected chi connectivity index (χ2v) is 11.5. The quantitative estimate of drug-likeness (QED) is 0.593. The minimum Gasteiger partial charge on any atom is -0.496 e. The van der Waals surface area contributed by atoms with Crippen LogP contribution in [-0.4, -0.2) is 22.5 Å². The van der Waals surface area contributed by atoms with Gasteiger partial charge in [0, 0.05) is 18.3 Å². The zero-order valence-electron chi connectivity index (χ0n) is 14.4. The maximum atomic E-state index is 6.52. The number of anilines is 1. The summed E-state index contributed by atoms with van der Waals surface area (Å²) in [6.07, 6.45) is 1.68. The first kappa shape index (κ1) is 17.8. The average Bonchev–Trinajstić information content (AvgIpc) is 2.42. The lowest BCUT2D eigenvalue weighted by Crippen LogP contribution is -2.41. The van der Waals surface area contributed by atoms with Gasteiger partial charge in [0.25, 0.3) is 0 Å². The van der Waals surface area contributed by atoms with Crippen LogP contribution in [0.4, 0.5) is 5.69 Å². The zero-order valence-corrected chi connectivity index (χ0v) is 15.4. The van der Waals surface area contributed by atoms with Crippen molar-refractivity contribution in [3.05, 3.63) is 36.4 Å². The summed E-state index contributed by atoms with van der Waals surface area (Å²) in [6, 6.07) is 5.96. The first-order valence-electron chi connectivity index (χ1n) is 7.33. The van der Waals surface area contributed by atoms with Crippen LogP contribution < -0.4 is 10.1 Å². The van der Waals surface area contributed by atoms with Crippen LogP contribution in [0, 0.1) is 0 Å². The molecule has 0 aliphatic rings. The number of ether oxygens (including phenoxy) is 1. The van der Waals surface area contributed by atoms with E-state index in [-0.39, 0.29) is 11.1 Å². The van der Waals surface area contributed by atoms with E-state index >= 15 is 0 Å². The monoisotopic (exact) mass is 307 g/mol. The molecule has 0 aromatic heterocycles. The number of hydrogen-bond donors (Lipinski definition) is 1. The van der Waals surface area contributed by atoms with Gasteiger partial charge in [0.2, 0.25) is 0 Å². The Balaban J connectivity index is 3.26. The van der Waals surface area contributed by atoms with Gasteiger partial charge in [0.15, 0.2) is 8.32 Å². The van der Waals surface area contributed by atoms with Gasteiger partial charge in [0.1, 0.15) is 5.75 Å². The molecule has 1 N–H and O–H groups in total. The third kappa shape index (κ3) is 3.89. The highest BCUT2D eigenvalue weighted by atomic mass is 28.4. The lowest BCUT2D eigenvalue weighted by Gasteiger charge is -2.39. The van der Waals surface area contributed by atoms with Crippen LogP contribution in [0.5, 0.6) is 5.75 Å². The maximum Gasteiger partial charge on any atom is 0.193 e. The highest BCUT2D eigenvalue weighted by Gasteiger charge is 2.39. The molecule has 21 heavy (non-hydrogen) atoms. The summed E-state index contributed by atoms with van der Waals surface area (Å²) in [4.78, 5) is 0. The Morgan fingerprint density at radius 2 is 1.90 bits per heavy atom. The van der Waals surface area contributed by atoms with Gasteiger partial charge in [-0.25, -0.2) is 0 Å². The minimum atomic E-state index is -1.90. The Kier molecular flexibility index (Phi) is 5.65. The molecule has 3 nitrogen and oxygen atoms in total. The summed E-state index contributed by atoms with van der Waals surface area (Å²) in [5.74, 6) is 0.824. The predicted octanol–water partition coefficient (Wildman–Crippen LogP) is 4.99. The Morgan fingerprint density at radius 3 is 2.33 bits per heavy atom. The van der Waals surface area contributed by atoms with Crippen molar-refractivity contribution in [2.75, 3.05) is 19.5 Å². The van der Waals surface area contributed by atoms with Gasteiger partial charge in [-0.2, -0.15) is 0 Å². The summed E-state index contributed by atoms with van der Waals surface area (Å²) in [5, 5.41) is 3.37. The van der Waals surface area contributed by atoms with Crippen molar-refractivity contribution in [3.8, 4) is 5.75 Å². The van der Waals surface area contributed by atoms with Crippen molar-refractivity contribution in [1.82, 2.24) is 0 Å². The fraction of sp³-hybridized carbons (Fsp3) is 0.529. The molecule has 118 valence electrons. The van der Waals surface area contributed by atoms with Crippen LogP contribution in [-0.2, 0) is 4.43 Å². The number of methoxy groups -OCH3 is 1. The van der Waals surface area contributed by atoms with E-state index in [1.165, 1.54) is 0 Å². The summed E-state index contributed by atoms with van der Waals surface area (Å²) < 4.78 is 12.0. The normalized spacial score (nSPS) is 13.7. The standard InChI is InChI=1S/C17H29NO2Si/c1-9-14(20-21(7,8)17(2,3)4)16-13(18-5)11-10-12-15(16)19-6/h9-12,14,18H,1H2,2-8H3. The molecule has 0 saturated heterocycles. The Labute approximate surface area is 130 Å². The van der Waals surface area contributed by atoms with Crippen molar-refractivity contribution < 1.29 is 9.16 Å². The molecule has 0 saturated carbocycles. The molecule has 0 heterocycles. The first-order chi connectivity index (χ1) is 9.67. The summed E-state index contributed by atoms with van der Waals surface area (Å²) in [6.45, 7) is 15.2. The molecular formula is C17H29NO2Si. The molecule has 1 unspecified atom stereocenters. The number of benzene rings is 1. The molecule has 1 atom stereocenters. The smallest absolute Gasteiger partial charge is 0.193 e. The molecule has 0 amide bonds. The molecule has 0 radical (unpaired) electrons. The maximum absolute atomic E-state index is 6.52. The minimum absolute atomic E-state index is 0.149. The van der Waals surface area contributed by atoms with E-state index in [2.05, 4.69) is 45.8 Å². The number of hydrogen-bond acceptors (Lipinski definition) is 3. The van der Waals surface area contributed by atoms with Crippen molar-refractivity contribution in [1.29, 1.82) is 0 Å². The third-order valence-corrected chi connectivity index (χ3v) is 8.74. The summed E-state index contributed by atoms with van der Waals surface area (Å²) >= 11 is 0. The molecule has 0 fully saturated rings. The van der Waals surface area contributed by atoms with Gasteiger partial charge in [-0.05, 0) is 30.3 Å². The zero-order chi connectivity index (χ0) is 16.3. The molecule has 0 bridgehead atoms. The molecular weight excluding hydrogens is 278 g/mol. The fourth-order valence-electron chi connectivity index (χ4n) is 1.95. The van der Waals surface area contributed by atoms with E-state index in [9.17, 15) is 0 Å². The van der Waals surface area contributed by atoms with Crippen molar-refractivity contribution in [2.45, 2.75) is 45.0 Å². The fourth-order valence-corrected chi connectivity index (χ4v) is 3.16. The van der Waals surface area contributed by atoms with E-state index in [1.54, 1.807) is 7.11 Å². The largest absolute Gasteiger partial charge is 0.496 e. The van der Waals surface area contributed by atoms with E-state index in [0.29, 0.717) is 0 Å². The highest BCUT2D eigenvalue weighted by molar-refractivity contribution is 6.74. The van der Waals surface area contributed by atoms with Gasteiger partial charge in [-0.1, -0.05) is 32.9 Å². The van der Waals surface area contributed by atoms with Crippen molar-refractivity contribution in [2.24, 2.45) is 0 Å². The first-order valence-corrected chi connectivity index (χ1v) is 10.2. The number of nitrogens with one attached hydrogen (secondary N) is 1. The Morgan fingerprint density at radius 1 is 1.29 bits per heavy atom. The van der Waals surface area contributed by atoms with Crippen LogP contribution >= 0.6 is 0 Å². The lowest BCUT2D eigenvalue weighted by atomic mass is 10.1. The van der Waals surface area contributed by atoms with Crippen molar-refractivity contribution >= 4 is 14.0 Å². The second-order valence-electron chi connectivity index (χ2n) is 6.71. The van der Waals surface area contributed by atoms with E-state index < -0.39 is 8.32 Å². The number of rotatable bonds is 6. The molecule has 4 heteroatoms. The van der Waals surface area contributed by atoms with Crippen LogP contribution in [0.15, 0.2) is 30.9 Å². The van der Waals surface area contributed by atoms with Gasteiger partial charge >= 0.3 is 0 Å². The van der Waals surface area contributed by atoms with Gasteiger partial charge in [-0.3, -0.25) is 0 Å². The molecule has 1 aromatic carbocycles. The van der Waals surface area contributed by atoms with Crippen LogP contribution in [0.1, 0.15) is 32.4 Å². The van der Waals surface area contributed by atoms with Crippen molar-refractivity contribution in [3.63, 3.8) is 0 Å². The Hall–Kier alpha value is -1.26.